The molecule has 0 radical (unpaired) electrons. The van der Waals surface area contributed by atoms with E-state index in [1.807, 2.05) is 6.07 Å². The van der Waals surface area contributed by atoms with Crippen molar-refractivity contribution in [2.24, 2.45) is 0 Å². The van der Waals surface area contributed by atoms with Gasteiger partial charge in [0.25, 0.3) is 5.91 Å². The van der Waals surface area contributed by atoms with Gasteiger partial charge in [0.05, 0.1) is 7.11 Å². The monoisotopic (exact) mass is 259 g/mol. The Bertz CT molecular complexity index is 552. The molecule has 1 aromatic heterocycles. The second-order valence-electron chi connectivity index (χ2n) is 3.81. The molecule has 1 heterocycles. The van der Waals surface area contributed by atoms with Crippen molar-refractivity contribution in [2.75, 3.05) is 7.11 Å². The fraction of sp³-hybridized carbons (Fsp3) is 0.154. The zero-order valence-corrected chi connectivity index (χ0v) is 10.3. The molecule has 1 amide bonds. The van der Waals surface area contributed by atoms with Crippen LogP contribution in [0.25, 0.3) is 0 Å². The Morgan fingerprint density at radius 3 is 2.58 bits per heavy atom. The molecule has 2 rings (SSSR count). The maximum absolute atomic E-state index is 11.9. The highest BCUT2D eigenvalue weighted by molar-refractivity contribution is 5.95. The molecule has 1 unspecified atom stereocenters. The van der Waals surface area contributed by atoms with Gasteiger partial charge in [-0.25, -0.2) is 4.79 Å². The lowest BCUT2D eigenvalue weighted by atomic mass is 10.1. The molecule has 19 heavy (non-hydrogen) atoms. The minimum absolute atomic E-state index is 0.282. The van der Waals surface area contributed by atoms with Gasteiger partial charge in [-0.1, -0.05) is 30.3 Å². The molecule has 0 saturated carbocycles. The summed E-state index contributed by atoms with van der Waals surface area (Å²) in [6.07, 6.45) is 1.46. The molecule has 0 saturated heterocycles. The number of ether oxygens (including phenoxy) is 1. The molecule has 98 valence electrons. The number of carbonyl (C=O) groups excluding carboxylic acids is 2. The van der Waals surface area contributed by atoms with Gasteiger partial charge >= 0.3 is 5.97 Å². The van der Waals surface area contributed by atoms with Crippen LogP contribution >= 0.6 is 0 Å². The minimum atomic E-state index is -0.845. The van der Waals surface area contributed by atoms with Crippen LogP contribution in [-0.4, -0.2) is 29.2 Å². The van der Waals surface area contributed by atoms with Crippen molar-refractivity contribution in [1.82, 2.24) is 15.5 Å². The van der Waals surface area contributed by atoms with Crippen molar-refractivity contribution in [3.8, 4) is 0 Å². The van der Waals surface area contributed by atoms with Gasteiger partial charge in [-0.05, 0) is 11.6 Å². The highest BCUT2D eigenvalue weighted by Gasteiger charge is 2.24. The molecule has 0 fully saturated rings. The zero-order chi connectivity index (χ0) is 13.7. The first-order valence-electron chi connectivity index (χ1n) is 5.65. The summed E-state index contributed by atoms with van der Waals surface area (Å²) in [6.45, 7) is 0. The van der Waals surface area contributed by atoms with E-state index in [2.05, 4.69) is 15.5 Å². The molecule has 1 aromatic carbocycles. The summed E-state index contributed by atoms with van der Waals surface area (Å²) >= 11 is 0. The number of benzene rings is 1. The fourth-order valence-electron chi connectivity index (χ4n) is 1.63. The number of aromatic nitrogens is 2. The average Bonchev–Trinajstić information content (AvgIpc) is 2.99. The lowest BCUT2D eigenvalue weighted by molar-refractivity contribution is -0.143. The second kappa shape index (κ2) is 5.81. The lowest BCUT2D eigenvalue weighted by Gasteiger charge is -2.16. The van der Waals surface area contributed by atoms with Gasteiger partial charge in [0.2, 0.25) is 0 Å². The van der Waals surface area contributed by atoms with Crippen LogP contribution in [0.2, 0.25) is 0 Å². The first-order chi connectivity index (χ1) is 9.22. The number of esters is 1. The van der Waals surface area contributed by atoms with Gasteiger partial charge in [-0.3, -0.25) is 9.89 Å². The van der Waals surface area contributed by atoms with Crippen molar-refractivity contribution in [3.63, 3.8) is 0 Å². The average molecular weight is 259 g/mol. The summed E-state index contributed by atoms with van der Waals surface area (Å²) < 4.78 is 4.71. The summed E-state index contributed by atoms with van der Waals surface area (Å²) in [5.74, 6) is -0.948. The van der Waals surface area contributed by atoms with Gasteiger partial charge in [-0.15, -0.1) is 0 Å². The van der Waals surface area contributed by atoms with E-state index < -0.39 is 17.9 Å². The predicted octanol–water partition coefficient (Wildman–Crippen LogP) is 1.05. The second-order valence-corrected chi connectivity index (χ2v) is 3.81. The van der Waals surface area contributed by atoms with Crippen molar-refractivity contribution in [2.45, 2.75) is 6.04 Å². The van der Waals surface area contributed by atoms with Crippen molar-refractivity contribution < 1.29 is 14.3 Å². The molecule has 6 heteroatoms. The molecular weight excluding hydrogens is 246 g/mol. The molecule has 0 spiro atoms. The molecule has 0 aliphatic rings. The Hall–Kier alpha value is -2.63. The van der Waals surface area contributed by atoms with Crippen LogP contribution in [0, 0.1) is 0 Å². The summed E-state index contributed by atoms with van der Waals surface area (Å²) in [4.78, 5) is 23.7. The molecule has 6 nitrogen and oxygen atoms in total. The van der Waals surface area contributed by atoms with E-state index in [-0.39, 0.29) is 5.69 Å². The number of rotatable bonds is 4. The van der Waals surface area contributed by atoms with Crippen LogP contribution in [0.5, 0.6) is 0 Å². The quantitative estimate of drug-likeness (QED) is 0.804. The van der Waals surface area contributed by atoms with Gasteiger partial charge < -0.3 is 10.1 Å². The Balaban J connectivity index is 2.20. The Kier molecular flexibility index (Phi) is 3.92. The van der Waals surface area contributed by atoms with Crippen LogP contribution in [0.4, 0.5) is 0 Å². The smallest absolute Gasteiger partial charge is 0.333 e. The highest BCUT2D eigenvalue weighted by Crippen LogP contribution is 2.14. The summed E-state index contributed by atoms with van der Waals surface area (Å²) in [7, 11) is 1.28. The lowest BCUT2D eigenvalue weighted by Crippen LogP contribution is -2.34. The number of hydrogen-bond acceptors (Lipinski definition) is 4. The van der Waals surface area contributed by atoms with Crippen molar-refractivity contribution in [3.05, 3.63) is 53.9 Å². The number of hydrogen-bond donors (Lipinski definition) is 2. The largest absolute Gasteiger partial charge is 0.467 e. The maximum Gasteiger partial charge on any atom is 0.333 e. The molecule has 2 N–H and O–H groups in total. The molecule has 0 aliphatic heterocycles. The molecule has 0 bridgehead atoms. The van der Waals surface area contributed by atoms with E-state index in [1.54, 1.807) is 24.3 Å². The molecular formula is C13H13N3O3. The number of amides is 1. The predicted molar refractivity (Wildman–Crippen MR) is 67.3 cm³/mol. The fourth-order valence-corrected chi connectivity index (χ4v) is 1.63. The first kappa shape index (κ1) is 12.8. The third-order valence-electron chi connectivity index (χ3n) is 2.59. The van der Waals surface area contributed by atoms with Gasteiger partial charge in [0, 0.05) is 6.20 Å². The van der Waals surface area contributed by atoms with Crippen LogP contribution in [0.3, 0.4) is 0 Å². The van der Waals surface area contributed by atoms with Crippen molar-refractivity contribution in [1.29, 1.82) is 0 Å². The maximum atomic E-state index is 11.9. The van der Waals surface area contributed by atoms with E-state index in [9.17, 15) is 9.59 Å². The molecule has 0 aliphatic carbocycles. The Labute approximate surface area is 109 Å². The van der Waals surface area contributed by atoms with E-state index >= 15 is 0 Å². The SMILES string of the molecule is COC(=O)C(NC(=O)c1ccn[nH]1)c1ccccc1. The molecule has 2 aromatic rings. The third-order valence-corrected chi connectivity index (χ3v) is 2.59. The first-order valence-corrected chi connectivity index (χ1v) is 5.65. The highest BCUT2D eigenvalue weighted by atomic mass is 16.5. The van der Waals surface area contributed by atoms with Crippen LogP contribution < -0.4 is 5.32 Å². The van der Waals surface area contributed by atoms with E-state index in [1.165, 1.54) is 19.4 Å². The van der Waals surface area contributed by atoms with Gasteiger partial charge in [0.1, 0.15) is 5.69 Å². The number of H-pyrrole nitrogens is 1. The normalized spacial score (nSPS) is 11.6. The van der Waals surface area contributed by atoms with E-state index in [4.69, 9.17) is 4.74 Å². The minimum Gasteiger partial charge on any atom is -0.467 e. The van der Waals surface area contributed by atoms with E-state index in [0.717, 1.165) is 0 Å². The van der Waals surface area contributed by atoms with Crippen LogP contribution in [-0.2, 0) is 9.53 Å². The van der Waals surface area contributed by atoms with Gasteiger partial charge in [-0.2, -0.15) is 5.10 Å². The number of nitrogens with one attached hydrogen (secondary N) is 2. The number of methoxy groups -OCH3 is 1. The summed E-state index contributed by atoms with van der Waals surface area (Å²) in [5.41, 5.74) is 0.937. The van der Waals surface area contributed by atoms with Crippen LogP contribution in [0.15, 0.2) is 42.6 Å². The summed E-state index contributed by atoms with van der Waals surface area (Å²) in [5, 5.41) is 8.82. The van der Waals surface area contributed by atoms with Crippen LogP contribution in [0.1, 0.15) is 22.1 Å². The standard InChI is InChI=1S/C13H13N3O3/c1-19-13(18)11(9-5-3-2-4-6-9)15-12(17)10-7-8-14-16-10/h2-8,11H,1H3,(H,14,16)(H,15,17). The number of aromatic amines is 1. The number of nitrogens with zero attached hydrogens (tertiary/aromatic N) is 1. The zero-order valence-electron chi connectivity index (χ0n) is 10.3. The van der Waals surface area contributed by atoms with Gasteiger partial charge in [0.15, 0.2) is 6.04 Å². The molecule has 1 atom stereocenters. The number of carbonyl (C=O) groups is 2. The Morgan fingerprint density at radius 1 is 1.26 bits per heavy atom. The topological polar surface area (TPSA) is 84.1 Å². The van der Waals surface area contributed by atoms with E-state index in [0.29, 0.717) is 5.56 Å². The third kappa shape index (κ3) is 2.98. The van der Waals surface area contributed by atoms with Crippen molar-refractivity contribution >= 4 is 11.9 Å². The Morgan fingerprint density at radius 2 is 2.00 bits per heavy atom. The summed E-state index contributed by atoms with van der Waals surface area (Å²) in [6, 6.07) is 9.57.